The van der Waals surface area contributed by atoms with E-state index < -0.39 is 5.60 Å². The van der Waals surface area contributed by atoms with Gasteiger partial charge in [-0.3, -0.25) is 0 Å². The summed E-state index contributed by atoms with van der Waals surface area (Å²) in [5.41, 5.74) is -0.449. The van der Waals surface area contributed by atoms with E-state index in [1.54, 1.807) is 0 Å². The van der Waals surface area contributed by atoms with Gasteiger partial charge in [-0.25, -0.2) is 4.79 Å². The van der Waals surface area contributed by atoms with Crippen LogP contribution in [-0.2, 0) is 9.47 Å². The first-order valence-electron chi connectivity index (χ1n) is 7.65. The van der Waals surface area contributed by atoms with E-state index in [9.17, 15) is 9.90 Å². The van der Waals surface area contributed by atoms with Gasteiger partial charge in [0.05, 0.1) is 18.3 Å². The van der Waals surface area contributed by atoms with Gasteiger partial charge in [-0.1, -0.05) is 0 Å². The second kappa shape index (κ2) is 6.31. The number of hydrogen-bond donors (Lipinski definition) is 2. The van der Waals surface area contributed by atoms with E-state index in [-0.39, 0.29) is 30.4 Å². The highest BCUT2D eigenvalue weighted by Gasteiger charge is 2.32. The number of carbonyl (C=O) groups is 1. The average molecular weight is 285 g/mol. The maximum Gasteiger partial charge on any atom is 0.407 e. The van der Waals surface area contributed by atoms with Crippen molar-refractivity contribution in [1.82, 2.24) is 5.32 Å². The molecule has 20 heavy (non-hydrogen) atoms. The zero-order chi connectivity index (χ0) is 14.8. The van der Waals surface area contributed by atoms with E-state index >= 15 is 0 Å². The topological polar surface area (TPSA) is 67.8 Å². The van der Waals surface area contributed by atoms with Gasteiger partial charge in [0.15, 0.2) is 0 Å². The van der Waals surface area contributed by atoms with Crippen LogP contribution in [0.5, 0.6) is 0 Å². The van der Waals surface area contributed by atoms with Crippen molar-refractivity contribution in [3.05, 3.63) is 0 Å². The van der Waals surface area contributed by atoms with Crippen LogP contribution >= 0.6 is 0 Å². The average Bonchev–Trinajstić information content (AvgIpc) is 2.27. The summed E-state index contributed by atoms with van der Waals surface area (Å²) >= 11 is 0. The molecule has 0 bridgehead atoms. The second-order valence-corrected chi connectivity index (χ2v) is 7.00. The molecule has 0 aromatic rings. The summed E-state index contributed by atoms with van der Waals surface area (Å²) < 4.78 is 11.2. The van der Waals surface area contributed by atoms with E-state index in [1.807, 2.05) is 20.8 Å². The van der Waals surface area contributed by atoms with Gasteiger partial charge in [-0.15, -0.1) is 0 Å². The van der Waals surface area contributed by atoms with Crippen LogP contribution in [0.1, 0.15) is 59.3 Å². The van der Waals surface area contributed by atoms with Crippen LogP contribution in [0.4, 0.5) is 4.79 Å². The molecule has 0 aliphatic heterocycles. The summed E-state index contributed by atoms with van der Waals surface area (Å²) in [5.74, 6) is 0. The lowest BCUT2D eigenvalue weighted by Crippen LogP contribution is -2.43. The van der Waals surface area contributed by atoms with Crippen molar-refractivity contribution in [1.29, 1.82) is 0 Å². The molecule has 0 heterocycles. The van der Waals surface area contributed by atoms with Gasteiger partial charge in [0.25, 0.3) is 0 Å². The zero-order valence-corrected chi connectivity index (χ0v) is 12.7. The maximum absolute atomic E-state index is 11.7. The number of alkyl carbamates (subject to hydrolysis) is 1. The molecule has 0 radical (unpaired) electrons. The molecule has 116 valence electrons. The predicted molar refractivity (Wildman–Crippen MR) is 75.5 cm³/mol. The Balaban J connectivity index is 1.63. The minimum Gasteiger partial charge on any atom is -0.444 e. The summed E-state index contributed by atoms with van der Waals surface area (Å²) in [5, 5.41) is 12.2. The molecule has 0 spiro atoms. The zero-order valence-electron chi connectivity index (χ0n) is 12.7. The number of carbonyl (C=O) groups excluding carboxylic acids is 1. The third kappa shape index (κ3) is 4.94. The van der Waals surface area contributed by atoms with Crippen molar-refractivity contribution < 1.29 is 19.4 Å². The minimum absolute atomic E-state index is 0.162. The number of aliphatic hydroxyl groups is 1. The minimum atomic E-state index is -0.449. The second-order valence-electron chi connectivity index (χ2n) is 7.00. The van der Waals surface area contributed by atoms with E-state index in [2.05, 4.69) is 5.32 Å². The third-order valence-electron chi connectivity index (χ3n) is 3.85. The van der Waals surface area contributed by atoms with Gasteiger partial charge in [-0.2, -0.15) is 0 Å². The number of ether oxygens (including phenoxy) is 2. The third-order valence-corrected chi connectivity index (χ3v) is 3.85. The van der Waals surface area contributed by atoms with Crippen molar-refractivity contribution >= 4 is 6.09 Å². The van der Waals surface area contributed by atoms with E-state index in [0.29, 0.717) is 0 Å². The molecule has 2 aliphatic carbocycles. The normalized spacial score (nSPS) is 34.2. The maximum atomic E-state index is 11.7. The Labute approximate surface area is 121 Å². The first kappa shape index (κ1) is 15.6. The van der Waals surface area contributed by atoms with Crippen LogP contribution < -0.4 is 5.32 Å². The first-order chi connectivity index (χ1) is 9.32. The van der Waals surface area contributed by atoms with Gasteiger partial charge in [0.2, 0.25) is 0 Å². The van der Waals surface area contributed by atoms with Crippen molar-refractivity contribution in [3.63, 3.8) is 0 Å². The number of amides is 1. The van der Waals surface area contributed by atoms with Crippen LogP contribution in [0.25, 0.3) is 0 Å². The van der Waals surface area contributed by atoms with Crippen molar-refractivity contribution in [2.24, 2.45) is 0 Å². The molecule has 5 nitrogen and oxygen atoms in total. The van der Waals surface area contributed by atoms with Gasteiger partial charge in [0, 0.05) is 6.04 Å². The largest absolute Gasteiger partial charge is 0.444 e. The Morgan fingerprint density at radius 1 is 1.10 bits per heavy atom. The molecular formula is C15H27NO4. The van der Waals surface area contributed by atoms with E-state index in [4.69, 9.17) is 9.47 Å². The van der Waals surface area contributed by atoms with Crippen molar-refractivity contribution in [3.8, 4) is 0 Å². The highest BCUT2D eigenvalue weighted by Crippen LogP contribution is 2.29. The van der Waals surface area contributed by atoms with Crippen LogP contribution in [0.2, 0.25) is 0 Å². The lowest BCUT2D eigenvalue weighted by molar-refractivity contribution is -0.113. The standard InChI is InChI=1S/C15H27NO4/c1-15(2,3)20-14(18)16-10-4-6-12(7-5-10)19-13-8-11(17)9-13/h10-13,17H,4-9H2,1-3H3,(H,16,18). The molecule has 2 saturated carbocycles. The highest BCUT2D eigenvalue weighted by molar-refractivity contribution is 5.68. The number of aliphatic hydroxyl groups excluding tert-OH is 1. The van der Waals surface area contributed by atoms with E-state index in [1.165, 1.54) is 0 Å². The fourth-order valence-electron chi connectivity index (χ4n) is 2.74. The van der Waals surface area contributed by atoms with Crippen molar-refractivity contribution in [2.45, 2.75) is 89.3 Å². The summed E-state index contributed by atoms with van der Waals surface area (Å²) in [6, 6.07) is 0.191. The molecule has 5 heteroatoms. The fraction of sp³-hybridized carbons (Fsp3) is 0.933. The summed E-state index contributed by atoms with van der Waals surface area (Å²) in [6.45, 7) is 5.60. The molecule has 2 aliphatic rings. The SMILES string of the molecule is CC(C)(C)OC(=O)NC1CCC(OC2CC(O)C2)CC1. The molecule has 2 rings (SSSR count). The van der Waals surface area contributed by atoms with Gasteiger partial charge in [-0.05, 0) is 59.3 Å². The molecule has 0 unspecified atom stereocenters. The van der Waals surface area contributed by atoms with Crippen LogP contribution in [-0.4, -0.2) is 41.2 Å². The Hall–Kier alpha value is -0.810. The molecule has 0 saturated heterocycles. The highest BCUT2D eigenvalue weighted by atomic mass is 16.6. The first-order valence-corrected chi connectivity index (χ1v) is 7.65. The van der Waals surface area contributed by atoms with Gasteiger partial charge >= 0.3 is 6.09 Å². The quantitative estimate of drug-likeness (QED) is 0.835. The van der Waals surface area contributed by atoms with Gasteiger partial charge in [0.1, 0.15) is 5.60 Å². The molecule has 1 amide bonds. The van der Waals surface area contributed by atoms with Crippen LogP contribution in [0.3, 0.4) is 0 Å². The Morgan fingerprint density at radius 3 is 2.20 bits per heavy atom. The fourth-order valence-corrected chi connectivity index (χ4v) is 2.74. The molecular weight excluding hydrogens is 258 g/mol. The number of nitrogens with one attached hydrogen (secondary N) is 1. The Kier molecular flexibility index (Phi) is 4.91. The summed E-state index contributed by atoms with van der Waals surface area (Å²) in [6.07, 6.45) is 5.37. The Morgan fingerprint density at radius 2 is 1.70 bits per heavy atom. The number of hydrogen-bond acceptors (Lipinski definition) is 4. The lowest BCUT2D eigenvalue weighted by atomic mass is 9.89. The molecule has 0 aromatic heterocycles. The van der Waals surface area contributed by atoms with Crippen molar-refractivity contribution in [2.75, 3.05) is 0 Å². The molecule has 2 N–H and O–H groups in total. The van der Waals surface area contributed by atoms with Crippen LogP contribution in [0, 0.1) is 0 Å². The molecule has 0 aromatic carbocycles. The monoisotopic (exact) mass is 285 g/mol. The Bertz CT molecular complexity index is 325. The van der Waals surface area contributed by atoms with Gasteiger partial charge < -0.3 is 19.9 Å². The smallest absolute Gasteiger partial charge is 0.407 e. The van der Waals surface area contributed by atoms with E-state index in [0.717, 1.165) is 38.5 Å². The molecule has 2 fully saturated rings. The van der Waals surface area contributed by atoms with Crippen LogP contribution in [0.15, 0.2) is 0 Å². The number of rotatable bonds is 3. The summed E-state index contributed by atoms with van der Waals surface area (Å²) in [7, 11) is 0. The summed E-state index contributed by atoms with van der Waals surface area (Å²) in [4.78, 5) is 11.7. The molecule has 0 atom stereocenters. The lowest BCUT2D eigenvalue weighted by Gasteiger charge is -2.37. The predicted octanol–water partition coefficient (Wildman–Crippen LogP) is 2.36.